The van der Waals surface area contributed by atoms with Crippen LogP contribution in [0.4, 0.5) is 17.2 Å². The monoisotopic (exact) mass is 391 g/mol. The molecule has 1 N–H and O–H groups in total. The van der Waals surface area contributed by atoms with Gasteiger partial charge in [0.15, 0.2) is 11.5 Å². The van der Waals surface area contributed by atoms with E-state index in [-0.39, 0.29) is 5.91 Å². The Kier molecular flexibility index (Phi) is 6.34. The van der Waals surface area contributed by atoms with Crippen molar-refractivity contribution in [1.29, 1.82) is 0 Å². The summed E-state index contributed by atoms with van der Waals surface area (Å²) in [6.07, 6.45) is 1.66. The van der Waals surface area contributed by atoms with Crippen LogP contribution in [0.15, 0.2) is 60.8 Å². The summed E-state index contributed by atoms with van der Waals surface area (Å²) in [5.41, 5.74) is 3.37. The number of nitrogens with zero attached hydrogens (tertiary/aromatic N) is 2. The Morgan fingerprint density at radius 3 is 2.45 bits per heavy atom. The van der Waals surface area contributed by atoms with Crippen LogP contribution in [-0.2, 0) is 0 Å². The van der Waals surface area contributed by atoms with E-state index in [9.17, 15) is 4.79 Å². The number of rotatable bonds is 7. The summed E-state index contributed by atoms with van der Waals surface area (Å²) in [6, 6.07) is 17.1. The quantitative estimate of drug-likeness (QED) is 0.626. The first kappa shape index (κ1) is 20.2. The Hall–Kier alpha value is -3.54. The molecule has 2 aromatic carbocycles. The number of anilines is 3. The van der Waals surface area contributed by atoms with Gasteiger partial charge in [-0.25, -0.2) is 4.98 Å². The van der Waals surface area contributed by atoms with Gasteiger partial charge in [0.1, 0.15) is 5.82 Å². The number of aryl methyl sites for hydroxylation is 1. The number of amides is 1. The Bertz CT molecular complexity index is 987. The summed E-state index contributed by atoms with van der Waals surface area (Å²) in [4.78, 5) is 19.2. The number of aromatic nitrogens is 1. The van der Waals surface area contributed by atoms with Crippen molar-refractivity contribution in [3.8, 4) is 11.5 Å². The molecule has 1 amide bonds. The van der Waals surface area contributed by atoms with Crippen LogP contribution < -0.4 is 19.7 Å². The first-order chi connectivity index (χ1) is 14.0. The van der Waals surface area contributed by atoms with Gasteiger partial charge in [0.05, 0.1) is 26.1 Å². The minimum absolute atomic E-state index is 0.244. The van der Waals surface area contributed by atoms with Gasteiger partial charge in [-0.2, -0.15) is 0 Å². The average molecular weight is 391 g/mol. The van der Waals surface area contributed by atoms with Gasteiger partial charge in [-0.1, -0.05) is 12.1 Å². The molecule has 1 heterocycles. The van der Waals surface area contributed by atoms with E-state index in [0.717, 1.165) is 18.1 Å². The van der Waals surface area contributed by atoms with E-state index in [4.69, 9.17) is 9.47 Å². The maximum atomic E-state index is 12.6. The van der Waals surface area contributed by atoms with Gasteiger partial charge >= 0.3 is 0 Å². The zero-order chi connectivity index (χ0) is 20.8. The third-order valence-corrected chi connectivity index (χ3v) is 4.56. The highest BCUT2D eigenvalue weighted by Crippen LogP contribution is 2.28. The Morgan fingerprint density at radius 2 is 1.83 bits per heavy atom. The van der Waals surface area contributed by atoms with Gasteiger partial charge in [-0.05, 0) is 61.9 Å². The van der Waals surface area contributed by atoms with Crippen LogP contribution in [0.3, 0.4) is 0 Å². The molecule has 3 aromatic rings. The molecule has 0 spiro atoms. The van der Waals surface area contributed by atoms with Crippen molar-refractivity contribution in [3.05, 3.63) is 71.9 Å². The molecule has 0 bridgehead atoms. The standard InChI is InChI=1S/C23H25N3O3/c1-5-26(19-8-6-7-16(2)13-19)22-12-10-18(15-24-22)25-23(27)17-9-11-20(28-3)21(14-17)29-4/h6-15H,5H2,1-4H3,(H,25,27). The number of hydrogen-bond acceptors (Lipinski definition) is 5. The van der Waals surface area contributed by atoms with Crippen LogP contribution in [-0.4, -0.2) is 31.7 Å². The number of methoxy groups -OCH3 is 2. The normalized spacial score (nSPS) is 10.3. The van der Waals surface area contributed by atoms with E-state index in [1.807, 2.05) is 18.2 Å². The summed E-state index contributed by atoms with van der Waals surface area (Å²) in [6.45, 7) is 4.93. The molecule has 0 aliphatic rings. The molecule has 0 radical (unpaired) electrons. The zero-order valence-corrected chi connectivity index (χ0v) is 17.1. The minimum Gasteiger partial charge on any atom is -0.493 e. The maximum Gasteiger partial charge on any atom is 0.255 e. The second kappa shape index (κ2) is 9.10. The number of hydrogen-bond donors (Lipinski definition) is 1. The van der Waals surface area contributed by atoms with Gasteiger partial charge in [-0.15, -0.1) is 0 Å². The van der Waals surface area contributed by atoms with Crippen LogP contribution in [0.25, 0.3) is 0 Å². The fraction of sp³-hybridized carbons (Fsp3) is 0.217. The van der Waals surface area contributed by atoms with Gasteiger partial charge < -0.3 is 19.7 Å². The molecule has 1 aromatic heterocycles. The number of pyridine rings is 1. The van der Waals surface area contributed by atoms with Crippen molar-refractivity contribution in [2.24, 2.45) is 0 Å². The van der Waals surface area contributed by atoms with Gasteiger partial charge in [0.25, 0.3) is 5.91 Å². The van der Waals surface area contributed by atoms with Crippen LogP contribution in [0.5, 0.6) is 11.5 Å². The number of ether oxygens (including phenoxy) is 2. The lowest BCUT2D eigenvalue weighted by Gasteiger charge is -2.22. The van der Waals surface area contributed by atoms with Crippen molar-refractivity contribution in [3.63, 3.8) is 0 Å². The Balaban J connectivity index is 1.75. The van der Waals surface area contributed by atoms with E-state index < -0.39 is 0 Å². The first-order valence-electron chi connectivity index (χ1n) is 9.39. The van der Waals surface area contributed by atoms with Gasteiger partial charge in [-0.3, -0.25) is 4.79 Å². The molecule has 150 valence electrons. The molecule has 3 rings (SSSR count). The van der Waals surface area contributed by atoms with E-state index in [1.165, 1.54) is 12.7 Å². The molecule has 0 unspecified atom stereocenters. The SMILES string of the molecule is CCN(c1cccc(C)c1)c1ccc(NC(=O)c2ccc(OC)c(OC)c2)cn1. The summed E-state index contributed by atoms with van der Waals surface area (Å²) in [7, 11) is 3.09. The molecule has 0 aliphatic carbocycles. The largest absolute Gasteiger partial charge is 0.493 e. The highest BCUT2D eigenvalue weighted by Gasteiger charge is 2.12. The van der Waals surface area contributed by atoms with E-state index >= 15 is 0 Å². The fourth-order valence-electron chi connectivity index (χ4n) is 3.07. The summed E-state index contributed by atoms with van der Waals surface area (Å²) < 4.78 is 10.5. The lowest BCUT2D eigenvalue weighted by Crippen LogP contribution is -2.18. The van der Waals surface area contributed by atoms with E-state index in [1.54, 1.807) is 31.5 Å². The maximum absolute atomic E-state index is 12.6. The average Bonchev–Trinajstić information content (AvgIpc) is 2.75. The topological polar surface area (TPSA) is 63.7 Å². The Morgan fingerprint density at radius 1 is 1.03 bits per heavy atom. The van der Waals surface area contributed by atoms with Crippen LogP contribution >= 0.6 is 0 Å². The molecular formula is C23H25N3O3. The molecule has 6 nitrogen and oxygen atoms in total. The van der Waals surface area contributed by atoms with Crippen LogP contribution in [0.1, 0.15) is 22.8 Å². The lowest BCUT2D eigenvalue weighted by atomic mass is 10.2. The molecule has 29 heavy (non-hydrogen) atoms. The number of benzene rings is 2. The molecule has 0 saturated carbocycles. The predicted molar refractivity (Wildman–Crippen MR) is 116 cm³/mol. The van der Waals surface area contributed by atoms with Crippen molar-refractivity contribution in [2.45, 2.75) is 13.8 Å². The summed E-state index contributed by atoms with van der Waals surface area (Å²) in [5, 5.41) is 2.86. The highest BCUT2D eigenvalue weighted by atomic mass is 16.5. The van der Waals surface area contributed by atoms with Crippen molar-refractivity contribution < 1.29 is 14.3 Å². The van der Waals surface area contributed by atoms with Crippen molar-refractivity contribution >= 4 is 23.1 Å². The molecule has 0 fully saturated rings. The number of carbonyl (C=O) groups is 1. The first-order valence-corrected chi connectivity index (χ1v) is 9.39. The smallest absolute Gasteiger partial charge is 0.255 e. The molecule has 0 saturated heterocycles. The lowest BCUT2D eigenvalue weighted by molar-refractivity contribution is 0.102. The van der Waals surface area contributed by atoms with Crippen molar-refractivity contribution in [2.75, 3.05) is 31.0 Å². The Labute approximate surface area is 171 Å². The summed E-state index contributed by atoms with van der Waals surface area (Å²) in [5.74, 6) is 1.66. The van der Waals surface area contributed by atoms with E-state index in [0.29, 0.717) is 22.7 Å². The summed E-state index contributed by atoms with van der Waals surface area (Å²) >= 11 is 0. The van der Waals surface area contributed by atoms with Crippen LogP contribution in [0, 0.1) is 6.92 Å². The molecule has 6 heteroatoms. The fourth-order valence-corrected chi connectivity index (χ4v) is 3.07. The minimum atomic E-state index is -0.244. The second-order valence-corrected chi connectivity index (χ2v) is 6.51. The molecule has 0 atom stereocenters. The molecule has 0 aliphatic heterocycles. The van der Waals surface area contributed by atoms with Crippen molar-refractivity contribution in [1.82, 2.24) is 4.98 Å². The highest BCUT2D eigenvalue weighted by molar-refractivity contribution is 6.04. The third kappa shape index (κ3) is 4.66. The molecular weight excluding hydrogens is 366 g/mol. The van der Waals surface area contributed by atoms with E-state index in [2.05, 4.69) is 47.2 Å². The zero-order valence-electron chi connectivity index (χ0n) is 17.1. The second-order valence-electron chi connectivity index (χ2n) is 6.51. The van der Waals surface area contributed by atoms with Crippen LogP contribution in [0.2, 0.25) is 0 Å². The van der Waals surface area contributed by atoms with Gasteiger partial charge in [0, 0.05) is 17.8 Å². The van der Waals surface area contributed by atoms with Gasteiger partial charge in [0.2, 0.25) is 0 Å². The predicted octanol–water partition coefficient (Wildman–Crippen LogP) is 4.82. The third-order valence-electron chi connectivity index (χ3n) is 4.56. The number of carbonyl (C=O) groups excluding carboxylic acids is 1. The number of nitrogens with one attached hydrogen (secondary N) is 1.